The van der Waals surface area contributed by atoms with Gasteiger partial charge in [-0.05, 0) is 41.5 Å². The Bertz CT molecular complexity index is 178. The first kappa shape index (κ1) is 30.2. The van der Waals surface area contributed by atoms with Crippen molar-refractivity contribution in [2.45, 2.75) is 58.3 Å². The second-order valence-electron chi connectivity index (χ2n) is 6.74. The van der Waals surface area contributed by atoms with Crippen LogP contribution in [0.25, 0.3) is 0 Å². The van der Waals surface area contributed by atoms with E-state index in [1.807, 2.05) is 0 Å². The molecule has 0 saturated heterocycles. The molecule has 0 radical (unpaired) electrons. The molecule has 0 saturated carbocycles. The molecule has 0 bridgehead atoms. The molecule has 0 aromatic heterocycles. The summed E-state index contributed by atoms with van der Waals surface area (Å²) in [5.74, 6) is 0. The first-order chi connectivity index (χ1) is 9.18. The van der Waals surface area contributed by atoms with Gasteiger partial charge in [-0.2, -0.15) is 0 Å². The normalized spacial score (nSPS) is 11.5. The summed E-state index contributed by atoms with van der Waals surface area (Å²) in [4.78, 5) is 0. The predicted molar refractivity (Wildman–Crippen MR) is 84.5 cm³/mol. The monoisotopic (exact) mass is 368 g/mol. The van der Waals surface area contributed by atoms with Gasteiger partial charge in [0.25, 0.3) is 0 Å². The number of methoxy groups -OCH3 is 3. The zero-order valence-electron chi connectivity index (χ0n) is 15.5. The first-order valence-corrected chi connectivity index (χ1v) is 6.82. The molecule has 140 valence electrons. The van der Waals surface area contributed by atoms with Crippen molar-refractivity contribution in [1.82, 2.24) is 0 Å². The summed E-state index contributed by atoms with van der Waals surface area (Å²) in [6, 6.07) is 0. The van der Waals surface area contributed by atoms with Gasteiger partial charge >= 0.3 is 0 Å². The second kappa shape index (κ2) is 14.8. The maximum Gasteiger partial charge on any atom is 0.0824 e. The van der Waals surface area contributed by atoms with E-state index in [0.29, 0.717) is 19.8 Å². The topological polar surface area (TPSA) is 88.4 Å². The van der Waals surface area contributed by atoms with Crippen molar-refractivity contribution in [1.29, 1.82) is 0 Å². The van der Waals surface area contributed by atoms with Crippen LogP contribution in [0.4, 0.5) is 0 Å². The third-order valence-corrected chi connectivity index (χ3v) is 1.49. The fourth-order valence-electron chi connectivity index (χ4n) is 1.06. The van der Waals surface area contributed by atoms with Crippen LogP contribution >= 0.6 is 0 Å². The fourth-order valence-corrected chi connectivity index (χ4v) is 1.06. The molecular formula is C15H36FeO6. The summed E-state index contributed by atoms with van der Waals surface area (Å²) in [7, 11) is 4.70. The van der Waals surface area contributed by atoms with Crippen LogP contribution in [0.5, 0.6) is 0 Å². The minimum atomic E-state index is -0.672. The van der Waals surface area contributed by atoms with Gasteiger partial charge in [0.2, 0.25) is 0 Å². The SMILES string of the molecule is COCC(C)(C)O.COCC(C)(C)O.COCC(C)(C)O.[Fe]. The predicted octanol–water partition coefficient (Wildman–Crippen LogP) is 1.21. The molecule has 0 aliphatic carbocycles. The van der Waals surface area contributed by atoms with Crippen molar-refractivity contribution in [2.24, 2.45) is 0 Å². The van der Waals surface area contributed by atoms with Crippen LogP contribution in [0.15, 0.2) is 0 Å². The first-order valence-electron chi connectivity index (χ1n) is 6.82. The average Bonchev–Trinajstić information content (AvgIpc) is 2.12. The minimum absolute atomic E-state index is 0. The number of aliphatic hydroxyl groups is 3. The molecule has 3 N–H and O–H groups in total. The molecular weight excluding hydrogens is 332 g/mol. The minimum Gasteiger partial charge on any atom is -0.388 e. The van der Waals surface area contributed by atoms with Crippen molar-refractivity contribution in [3.05, 3.63) is 0 Å². The van der Waals surface area contributed by atoms with Gasteiger partial charge in [-0.25, -0.2) is 0 Å². The van der Waals surface area contributed by atoms with Gasteiger partial charge < -0.3 is 29.5 Å². The van der Waals surface area contributed by atoms with Crippen molar-refractivity contribution < 1.29 is 46.6 Å². The van der Waals surface area contributed by atoms with E-state index in [0.717, 1.165) is 0 Å². The molecule has 0 amide bonds. The molecule has 22 heavy (non-hydrogen) atoms. The zero-order chi connectivity index (χ0) is 17.7. The van der Waals surface area contributed by atoms with E-state index >= 15 is 0 Å². The van der Waals surface area contributed by atoms with Gasteiger partial charge in [-0.3, -0.25) is 0 Å². The number of ether oxygens (including phenoxy) is 3. The van der Waals surface area contributed by atoms with Crippen LogP contribution in [0, 0.1) is 0 Å². The molecule has 0 aromatic carbocycles. The van der Waals surface area contributed by atoms with E-state index in [4.69, 9.17) is 15.3 Å². The molecule has 7 heteroatoms. The van der Waals surface area contributed by atoms with Crippen molar-refractivity contribution in [3.8, 4) is 0 Å². The largest absolute Gasteiger partial charge is 0.388 e. The van der Waals surface area contributed by atoms with Gasteiger partial charge in [-0.15, -0.1) is 0 Å². The average molecular weight is 368 g/mol. The second-order valence-corrected chi connectivity index (χ2v) is 6.74. The Hall–Kier alpha value is 0.279. The van der Waals surface area contributed by atoms with E-state index in [2.05, 4.69) is 14.2 Å². The number of hydrogen-bond donors (Lipinski definition) is 3. The third kappa shape index (κ3) is 50.0. The van der Waals surface area contributed by atoms with Crippen molar-refractivity contribution in [3.63, 3.8) is 0 Å². The van der Waals surface area contributed by atoms with Crippen molar-refractivity contribution in [2.75, 3.05) is 41.2 Å². The standard InChI is InChI=1S/3C5H12O2.Fe/c3*1-5(2,6)4-7-3;/h3*6H,4H2,1-3H3;. The number of rotatable bonds is 6. The summed E-state index contributed by atoms with van der Waals surface area (Å²) in [6.07, 6.45) is 0. The fraction of sp³-hybridized carbons (Fsp3) is 1.00. The van der Waals surface area contributed by atoms with Gasteiger partial charge in [-0.1, -0.05) is 0 Å². The third-order valence-electron chi connectivity index (χ3n) is 1.49. The zero-order valence-corrected chi connectivity index (χ0v) is 16.6. The summed E-state index contributed by atoms with van der Waals surface area (Å²) in [5.41, 5.74) is -2.02. The van der Waals surface area contributed by atoms with E-state index in [1.165, 1.54) is 0 Å². The Labute approximate surface area is 146 Å². The summed E-state index contributed by atoms with van der Waals surface area (Å²) in [6.45, 7) is 11.4. The quantitative estimate of drug-likeness (QED) is 0.611. The Balaban J connectivity index is -0.000000108. The molecule has 0 heterocycles. The van der Waals surface area contributed by atoms with Crippen LogP contribution in [0.1, 0.15) is 41.5 Å². The van der Waals surface area contributed by atoms with Gasteiger partial charge in [0, 0.05) is 38.4 Å². The molecule has 0 aromatic rings. The van der Waals surface area contributed by atoms with Crippen LogP contribution in [-0.2, 0) is 31.3 Å². The van der Waals surface area contributed by atoms with E-state index in [9.17, 15) is 0 Å². The smallest absolute Gasteiger partial charge is 0.0824 e. The van der Waals surface area contributed by atoms with Gasteiger partial charge in [0.15, 0.2) is 0 Å². The molecule has 0 aliphatic rings. The molecule has 0 aliphatic heterocycles. The Morgan fingerprint density at radius 2 is 0.682 bits per heavy atom. The summed E-state index contributed by atoms with van der Waals surface area (Å²) < 4.78 is 14.0. The Kier molecular flexibility index (Phi) is 20.4. The van der Waals surface area contributed by atoms with Crippen molar-refractivity contribution >= 4 is 0 Å². The summed E-state index contributed by atoms with van der Waals surface area (Å²) in [5, 5.41) is 26.7. The van der Waals surface area contributed by atoms with Crippen LogP contribution in [0.2, 0.25) is 0 Å². The maximum atomic E-state index is 8.89. The molecule has 6 nitrogen and oxygen atoms in total. The number of hydrogen-bond acceptors (Lipinski definition) is 6. The van der Waals surface area contributed by atoms with Crippen LogP contribution < -0.4 is 0 Å². The molecule has 0 spiro atoms. The Morgan fingerprint density at radius 3 is 0.682 bits per heavy atom. The van der Waals surface area contributed by atoms with E-state index in [-0.39, 0.29) is 17.1 Å². The van der Waals surface area contributed by atoms with Crippen LogP contribution in [-0.4, -0.2) is 73.3 Å². The van der Waals surface area contributed by atoms with Gasteiger partial charge in [0.1, 0.15) is 0 Å². The van der Waals surface area contributed by atoms with Gasteiger partial charge in [0.05, 0.1) is 36.6 Å². The van der Waals surface area contributed by atoms with E-state index < -0.39 is 16.8 Å². The van der Waals surface area contributed by atoms with E-state index in [1.54, 1.807) is 62.9 Å². The Morgan fingerprint density at radius 1 is 0.545 bits per heavy atom. The molecule has 0 fully saturated rings. The molecule has 0 atom stereocenters. The molecule has 0 unspecified atom stereocenters. The van der Waals surface area contributed by atoms with Crippen LogP contribution in [0.3, 0.4) is 0 Å². The summed E-state index contributed by atoms with van der Waals surface area (Å²) >= 11 is 0. The maximum absolute atomic E-state index is 8.89. The molecule has 0 rings (SSSR count).